The van der Waals surface area contributed by atoms with E-state index in [2.05, 4.69) is 29.5 Å². The van der Waals surface area contributed by atoms with Crippen LogP contribution in [0.2, 0.25) is 0 Å². The van der Waals surface area contributed by atoms with Crippen LogP contribution in [0.3, 0.4) is 0 Å². The minimum atomic E-state index is -1.07. The van der Waals surface area contributed by atoms with E-state index < -0.39 is 23.9 Å². The highest BCUT2D eigenvalue weighted by Gasteiger charge is 2.21. The molecule has 2 atom stereocenters. The maximum Gasteiger partial charge on any atom is 0.328 e. The molecule has 0 spiro atoms. The Morgan fingerprint density at radius 3 is 2.57 bits per heavy atom. The first-order chi connectivity index (χ1) is 9.90. The van der Waals surface area contributed by atoms with E-state index in [4.69, 9.17) is 10.8 Å². The first-order valence-corrected chi connectivity index (χ1v) is 6.84. The molecule has 0 heterocycles. The van der Waals surface area contributed by atoms with E-state index in [0.717, 1.165) is 0 Å². The molecule has 120 valence electrons. The molecule has 10 heteroatoms. The third kappa shape index (κ3) is 9.61. The first-order valence-electron chi connectivity index (χ1n) is 6.26. The number of carbonyl (C=O) groups is 3. The highest BCUT2D eigenvalue weighted by Crippen LogP contribution is 2.02. The number of carbonyl (C=O) groups excluding carboxylic acids is 2. The zero-order valence-electron chi connectivity index (χ0n) is 11.8. The third-order valence-electron chi connectivity index (χ3n) is 2.47. The van der Waals surface area contributed by atoms with Gasteiger partial charge in [0.2, 0.25) is 5.91 Å². The van der Waals surface area contributed by atoms with Gasteiger partial charge >= 0.3 is 11.9 Å². The van der Waals surface area contributed by atoms with Gasteiger partial charge in [0, 0.05) is 13.0 Å². The maximum absolute atomic E-state index is 11.5. The van der Waals surface area contributed by atoms with E-state index >= 15 is 0 Å². The molecule has 1 unspecified atom stereocenters. The molecule has 5 N–H and O–H groups in total. The van der Waals surface area contributed by atoms with Crippen molar-refractivity contribution in [1.82, 2.24) is 10.4 Å². The summed E-state index contributed by atoms with van der Waals surface area (Å²) in [6.45, 7) is 0.381. The Morgan fingerprint density at radius 1 is 1.38 bits per heavy atom. The number of ether oxygens (including phenoxy) is 1. The van der Waals surface area contributed by atoms with Crippen LogP contribution in [0.25, 0.3) is 0 Å². The van der Waals surface area contributed by atoms with Gasteiger partial charge in [-0.3, -0.25) is 14.6 Å². The second kappa shape index (κ2) is 10.8. The minimum absolute atomic E-state index is 0.190. The lowest BCUT2D eigenvalue weighted by Crippen LogP contribution is -2.41. The number of methoxy groups -OCH3 is 1. The van der Waals surface area contributed by atoms with E-state index in [1.54, 1.807) is 0 Å². The van der Waals surface area contributed by atoms with Crippen LogP contribution in [-0.4, -0.2) is 48.6 Å². The van der Waals surface area contributed by atoms with Crippen LogP contribution >= 0.6 is 9.39 Å². The van der Waals surface area contributed by atoms with Gasteiger partial charge in [0.25, 0.3) is 0 Å². The van der Waals surface area contributed by atoms with Crippen LogP contribution in [0.4, 0.5) is 0 Å². The normalized spacial score (nSPS) is 12.4. The van der Waals surface area contributed by atoms with Crippen molar-refractivity contribution in [3.05, 3.63) is 0 Å². The lowest BCUT2D eigenvalue weighted by molar-refractivity contribution is -0.145. The quantitative estimate of drug-likeness (QED) is 0.140. The highest BCUT2D eigenvalue weighted by atomic mass is 31.0. The number of nitrogens with two attached hydrogens (primary N) is 1. The molecule has 0 rings (SSSR count). The van der Waals surface area contributed by atoms with E-state index in [1.807, 2.05) is 0 Å². The Labute approximate surface area is 125 Å². The molecule has 0 bridgehead atoms. The van der Waals surface area contributed by atoms with Crippen LogP contribution in [0.1, 0.15) is 25.7 Å². The van der Waals surface area contributed by atoms with Crippen molar-refractivity contribution in [2.45, 2.75) is 31.7 Å². The maximum atomic E-state index is 11.5. The van der Waals surface area contributed by atoms with E-state index in [1.165, 1.54) is 7.11 Å². The summed E-state index contributed by atoms with van der Waals surface area (Å²) in [6, 6.07) is -0.823. The molecule has 0 aromatic heterocycles. The van der Waals surface area contributed by atoms with Gasteiger partial charge in [-0.1, -0.05) is 0 Å². The summed E-state index contributed by atoms with van der Waals surface area (Å²) in [7, 11) is 3.42. The fourth-order valence-electron chi connectivity index (χ4n) is 1.42. The molecule has 0 radical (unpaired) electrons. The minimum Gasteiger partial charge on any atom is -0.481 e. The van der Waals surface area contributed by atoms with Gasteiger partial charge in [0.1, 0.15) is 6.04 Å². The zero-order valence-corrected chi connectivity index (χ0v) is 12.9. The fourth-order valence-corrected chi connectivity index (χ4v) is 1.51. The summed E-state index contributed by atoms with van der Waals surface area (Å²) in [5.41, 5.74) is 5.43. The zero-order chi connectivity index (χ0) is 16.3. The molecule has 1 amide bonds. The van der Waals surface area contributed by atoms with Crippen LogP contribution in [0, 0.1) is 0 Å². The SMILES string of the molecule is COC(=O)[C@H](CCCN=C(N)NP)NC(=O)CCC(=O)O. The molecular formula is C11H21N4O5P. The predicted molar refractivity (Wildman–Crippen MR) is 79.4 cm³/mol. The molecular weight excluding hydrogens is 299 g/mol. The summed E-state index contributed by atoms with van der Waals surface area (Å²) in [4.78, 5) is 37.4. The predicted octanol–water partition coefficient (Wildman–Crippen LogP) is -1.02. The monoisotopic (exact) mass is 320 g/mol. The smallest absolute Gasteiger partial charge is 0.328 e. The van der Waals surface area contributed by atoms with Crippen LogP contribution in [-0.2, 0) is 19.1 Å². The average Bonchev–Trinajstić information content (AvgIpc) is 2.46. The molecule has 0 saturated heterocycles. The van der Waals surface area contributed by atoms with E-state index in [0.29, 0.717) is 19.4 Å². The average molecular weight is 320 g/mol. The first kappa shape index (κ1) is 19.1. The summed E-state index contributed by atoms with van der Waals surface area (Å²) in [5, 5.41) is 13.5. The van der Waals surface area contributed by atoms with Gasteiger partial charge in [0.05, 0.1) is 13.5 Å². The number of esters is 1. The van der Waals surface area contributed by atoms with Crippen molar-refractivity contribution in [1.29, 1.82) is 0 Å². The van der Waals surface area contributed by atoms with Crippen molar-refractivity contribution < 1.29 is 24.2 Å². The molecule has 0 fully saturated rings. The van der Waals surface area contributed by atoms with Crippen LogP contribution < -0.4 is 16.1 Å². The van der Waals surface area contributed by atoms with Crippen molar-refractivity contribution in [3.8, 4) is 0 Å². The summed E-state index contributed by atoms with van der Waals surface area (Å²) < 4.78 is 4.59. The van der Waals surface area contributed by atoms with Crippen molar-refractivity contribution in [2.75, 3.05) is 13.7 Å². The Bertz CT molecular complexity index is 402. The number of nitrogens with zero attached hydrogens (tertiary/aromatic N) is 1. The number of guanidine groups is 1. The second-order valence-corrected chi connectivity index (χ2v) is 4.38. The lowest BCUT2D eigenvalue weighted by atomic mass is 10.1. The summed E-state index contributed by atoms with van der Waals surface area (Å²) in [5.74, 6) is -1.92. The number of nitrogens with one attached hydrogen (secondary N) is 2. The summed E-state index contributed by atoms with van der Waals surface area (Å²) >= 11 is 0. The number of hydrogen-bond donors (Lipinski definition) is 4. The number of aliphatic carboxylic acids is 1. The lowest BCUT2D eigenvalue weighted by Gasteiger charge is -2.15. The van der Waals surface area contributed by atoms with Crippen molar-refractivity contribution in [3.63, 3.8) is 0 Å². The van der Waals surface area contributed by atoms with Gasteiger partial charge in [-0.15, -0.1) is 0 Å². The number of aliphatic imine (C=N–C) groups is 1. The largest absolute Gasteiger partial charge is 0.481 e. The number of hydrogen-bond acceptors (Lipinski definition) is 5. The Morgan fingerprint density at radius 2 is 2.05 bits per heavy atom. The Kier molecular flexibility index (Phi) is 9.87. The number of rotatable bonds is 9. The molecule has 0 aliphatic rings. The van der Waals surface area contributed by atoms with Gasteiger partial charge in [-0.2, -0.15) is 0 Å². The van der Waals surface area contributed by atoms with Crippen LogP contribution in [0.5, 0.6) is 0 Å². The summed E-state index contributed by atoms with van der Waals surface area (Å²) in [6.07, 6.45) is 0.344. The third-order valence-corrected chi connectivity index (χ3v) is 2.76. The Balaban J connectivity index is 4.30. The molecule has 0 aliphatic carbocycles. The molecule has 0 saturated carbocycles. The van der Waals surface area contributed by atoms with Gasteiger partial charge in [-0.05, 0) is 22.2 Å². The molecule has 9 nitrogen and oxygen atoms in total. The molecule has 21 heavy (non-hydrogen) atoms. The van der Waals surface area contributed by atoms with Gasteiger partial charge in [0.15, 0.2) is 5.96 Å². The fraction of sp³-hybridized carbons (Fsp3) is 0.636. The number of carboxylic acid groups (broad SMARTS) is 1. The molecule has 0 aliphatic heterocycles. The molecule has 0 aromatic rings. The van der Waals surface area contributed by atoms with Gasteiger partial charge < -0.3 is 26.0 Å². The topological polar surface area (TPSA) is 143 Å². The molecule has 0 aromatic carbocycles. The second-order valence-electron chi connectivity index (χ2n) is 4.09. The van der Waals surface area contributed by atoms with Crippen molar-refractivity contribution >= 4 is 33.2 Å². The van der Waals surface area contributed by atoms with E-state index in [-0.39, 0.29) is 18.8 Å². The standard InChI is InChI=1S/C11H21N4O5P/c1-20-10(19)7(3-2-6-13-11(12)15-21)14-8(16)4-5-9(17)18/h7H,2-6,21H2,1H3,(H,14,16)(H,17,18)(H3,12,13,15)/t7-/m0/s1. The van der Waals surface area contributed by atoms with E-state index in [9.17, 15) is 14.4 Å². The van der Waals surface area contributed by atoms with Crippen LogP contribution in [0.15, 0.2) is 4.99 Å². The van der Waals surface area contributed by atoms with Gasteiger partial charge in [-0.25, -0.2) is 4.79 Å². The Hall–Kier alpha value is -1.89. The highest BCUT2D eigenvalue weighted by molar-refractivity contribution is 7.15. The van der Waals surface area contributed by atoms with Crippen molar-refractivity contribution in [2.24, 2.45) is 10.7 Å². The number of amides is 1. The number of carboxylic acids is 1.